The normalized spacial score (nSPS) is 11.3. The van der Waals surface area contributed by atoms with Gasteiger partial charge in [-0.25, -0.2) is 0 Å². The summed E-state index contributed by atoms with van der Waals surface area (Å²) in [5, 5.41) is 2.42. The third-order valence-electron chi connectivity index (χ3n) is 10.5. The summed E-state index contributed by atoms with van der Waals surface area (Å²) in [6.45, 7) is 6.50. The van der Waals surface area contributed by atoms with Crippen molar-refractivity contribution in [1.29, 1.82) is 0 Å². The molecular formula is C55H46N2. The second-order valence-corrected chi connectivity index (χ2v) is 14.4. The molecule has 8 aromatic rings. The standard InChI is InChI=1S/C55H46N2/c1-41-30-35-48(36-31-41)56(40-52(45-21-6-4-7-22-45)46-23-8-5-9-24-46)49-37-32-44(33-38-49)20-12-13-25-47-34-39-55(51-27-15-14-26-50(47)51)57(53-28-16-10-18-42(53)2)54-29-17-11-19-43(54)3/h4-40H,1-3H3/b20-12+,25-13+. The number of rotatable bonds is 11. The second-order valence-electron chi connectivity index (χ2n) is 14.4. The number of hydrogen-bond donors (Lipinski definition) is 0. The molecular weight excluding hydrogens is 689 g/mol. The van der Waals surface area contributed by atoms with Crippen LogP contribution >= 0.6 is 0 Å². The predicted molar refractivity (Wildman–Crippen MR) is 246 cm³/mol. The number of nitrogens with zero attached hydrogens (tertiary/aromatic N) is 2. The molecule has 2 nitrogen and oxygen atoms in total. The minimum absolute atomic E-state index is 1.09. The van der Waals surface area contributed by atoms with Crippen LogP contribution in [0.3, 0.4) is 0 Å². The minimum Gasteiger partial charge on any atom is -0.317 e. The van der Waals surface area contributed by atoms with E-state index in [0.717, 1.165) is 28.2 Å². The first-order chi connectivity index (χ1) is 28.0. The zero-order chi connectivity index (χ0) is 39.0. The summed E-state index contributed by atoms with van der Waals surface area (Å²) in [4.78, 5) is 4.69. The molecule has 57 heavy (non-hydrogen) atoms. The molecule has 0 aliphatic rings. The number of benzene rings is 8. The third kappa shape index (κ3) is 8.27. The van der Waals surface area contributed by atoms with Crippen molar-refractivity contribution in [2.24, 2.45) is 0 Å². The molecule has 0 fully saturated rings. The lowest BCUT2D eigenvalue weighted by molar-refractivity contribution is 1.23. The fourth-order valence-corrected chi connectivity index (χ4v) is 7.42. The first-order valence-corrected chi connectivity index (χ1v) is 19.6. The molecule has 0 aliphatic heterocycles. The van der Waals surface area contributed by atoms with Crippen LogP contribution in [0, 0.1) is 20.8 Å². The predicted octanol–water partition coefficient (Wildman–Crippen LogP) is 15.2. The molecule has 0 atom stereocenters. The molecule has 0 bridgehead atoms. The van der Waals surface area contributed by atoms with E-state index in [-0.39, 0.29) is 0 Å². The van der Waals surface area contributed by atoms with Crippen molar-refractivity contribution < 1.29 is 0 Å². The van der Waals surface area contributed by atoms with Gasteiger partial charge in [0, 0.05) is 39.9 Å². The van der Waals surface area contributed by atoms with Crippen LogP contribution in [0.4, 0.5) is 28.4 Å². The molecule has 8 aromatic carbocycles. The maximum Gasteiger partial charge on any atom is 0.0540 e. The van der Waals surface area contributed by atoms with Crippen molar-refractivity contribution in [2.45, 2.75) is 20.8 Å². The average molecular weight is 735 g/mol. The molecule has 0 aliphatic carbocycles. The Balaban J connectivity index is 1.09. The van der Waals surface area contributed by atoms with E-state index in [1.165, 1.54) is 55.5 Å². The molecule has 0 spiro atoms. The van der Waals surface area contributed by atoms with Gasteiger partial charge in [-0.2, -0.15) is 0 Å². The number of para-hydroxylation sites is 2. The van der Waals surface area contributed by atoms with Gasteiger partial charge >= 0.3 is 0 Å². The van der Waals surface area contributed by atoms with Gasteiger partial charge in [-0.3, -0.25) is 0 Å². The molecule has 0 heterocycles. The van der Waals surface area contributed by atoms with E-state index in [2.05, 4.69) is 255 Å². The lowest BCUT2D eigenvalue weighted by Crippen LogP contribution is -2.13. The molecule has 0 radical (unpaired) electrons. The van der Waals surface area contributed by atoms with Crippen molar-refractivity contribution in [3.8, 4) is 0 Å². The highest BCUT2D eigenvalue weighted by molar-refractivity contribution is 6.03. The van der Waals surface area contributed by atoms with Crippen LogP contribution in [-0.2, 0) is 0 Å². The van der Waals surface area contributed by atoms with Gasteiger partial charge in [0.2, 0.25) is 0 Å². The van der Waals surface area contributed by atoms with Crippen LogP contribution in [0.5, 0.6) is 0 Å². The molecule has 8 rings (SSSR count). The van der Waals surface area contributed by atoms with E-state index in [4.69, 9.17) is 0 Å². The van der Waals surface area contributed by atoms with E-state index in [1.807, 2.05) is 0 Å². The summed E-state index contributed by atoms with van der Waals surface area (Å²) in [5.74, 6) is 0. The Morgan fingerprint density at radius 2 is 0.895 bits per heavy atom. The highest BCUT2D eigenvalue weighted by Gasteiger charge is 2.19. The van der Waals surface area contributed by atoms with E-state index >= 15 is 0 Å². The van der Waals surface area contributed by atoms with E-state index < -0.39 is 0 Å². The third-order valence-corrected chi connectivity index (χ3v) is 10.5. The van der Waals surface area contributed by atoms with Crippen LogP contribution in [0.25, 0.3) is 28.5 Å². The largest absolute Gasteiger partial charge is 0.317 e. The Hall–Kier alpha value is -7.16. The summed E-state index contributed by atoms with van der Waals surface area (Å²) in [6.07, 6.45) is 10.9. The van der Waals surface area contributed by atoms with Crippen LogP contribution in [0.2, 0.25) is 0 Å². The fourth-order valence-electron chi connectivity index (χ4n) is 7.42. The number of aryl methyl sites for hydroxylation is 3. The monoisotopic (exact) mass is 734 g/mol. The molecule has 0 aromatic heterocycles. The van der Waals surface area contributed by atoms with E-state index in [1.54, 1.807) is 0 Å². The Morgan fingerprint density at radius 1 is 0.404 bits per heavy atom. The molecule has 0 amide bonds. The summed E-state index contributed by atoms with van der Waals surface area (Å²) < 4.78 is 0. The van der Waals surface area contributed by atoms with Gasteiger partial charge in [0.15, 0.2) is 0 Å². The fraction of sp³-hybridized carbons (Fsp3) is 0.0545. The lowest BCUT2D eigenvalue weighted by atomic mass is 9.98. The maximum absolute atomic E-state index is 2.41. The zero-order valence-electron chi connectivity index (χ0n) is 32.8. The van der Waals surface area contributed by atoms with Gasteiger partial charge in [-0.15, -0.1) is 0 Å². The smallest absolute Gasteiger partial charge is 0.0540 e. The van der Waals surface area contributed by atoms with Crippen LogP contribution in [-0.4, -0.2) is 0 Å². The van der Waals surface area contributed by atoms with Gasteiger partial charge in [-0.05, 0) is 102 Å². The summed E-state index contributed by atoms with van der Waals surface area (Å²) in [5.41, 5.74) is 15.2. The van der Waals surface area contributed by atoms with E-state index in [9.17, 15) is 0 Å². The molecule has 0 saturated carbocycles. The quantitative estimate of drug-likeness (QED) is 0.122. The first-order valence-electron chi connectivity index (χ1n) is 19.6. The average Bonchev–Trinajstić information content (AvgIpc) is 3.26. The van der Waals surface area contributed by atoms with Crippen LogP contribution in [0.1, 0.15) is 38.9 Å². The molecule has 2 heteroatoms. The number of anilines is 5. The molecule has 0 unspecified atom stereocenters. The highest BCUT2D eigenvalue weighted by Crippen LogP contribution is 2.42. The summed E-state index contributed by atoms with van der Waals surface area (Å²) >= 11 is 0. The van der Waals surface area contributed by atoms with Gasteiger partial charge < -0.3 is 9.80 Å². The maximum atomic E-state index is 2.41. The van der Waals surface area contributed by atoms with Crippen molar-refractivity contribution in [3.05, 3.63) is 251 Å². The topological polar surface area (TPSA) is 6.48 Å². The lowest BCUT2D eigenvalue weighted by Gasteiger charge is -2.29. The number of hydrogen-bond acceptors (Lipinski definition) is 2. The van der Waals surface area contributed by atoms with Crippen molar-refractivity contribution in [2.75, 3.05) is 9.80 Å². The van der Waals surface area contributed by atoms with Crippen LogP contribution in [0.15, 0.2) is 212 Å². The van der Waals surface area contributed by atoms with Gasteiger partial charge in [-0.1, -0.05) is 182 Å². The summed E-state index contributed by atoms with van der Waals surface area (Å²) in [6, 6.07) is 69.2. The molecule has 0 N–H and O–H groups in total. The number of fused-ring (bicyclic) bond motifs is 1. The zero-order valence-corrected chi connectivity index (χ0v) is 32.8. The van der Waals surface area contributed by atoms with Crippen molar-refractivity contribution in [1.82, 2.24) is 0 Å². The Labute approximate surface area is 337 Å². The van der Waals surface area contributed by atoms with Gasteiger partial charge in [0.25, 0.3) is 0 Å². The Morgan fingerprint density at radius 3 is 1.47 bits per heavy atom. The van der Waals surface area contributed by atoms with E-state index in [0.29, 0.717) is 0 Å². The minimum atomic E-state index is 1.09. The first kappa shape index (κ1) is 36.8. The Bertz CT molecular complexity index is 2600. The van der Waals surface area contributed by atoms with Crippen molar-refractivity contribution >= 4 is 56.9 Å². The SMILES string of the molecule is Cc1ccc(N(C=C(c2ccccc2)c2ccccc2)c2ccc(/C=C/C=C/c3ccc(N(c4ccccc4C)c4ccccc4C)c4ccccc34)cc2)cc1. The number of allylic oxidation sites excluding steroid dienone is 2. The van der Waals surface area contributed by atoms with Crippen molar-refractivity contribution in [3.63, 3.8) is 0 Å². The van der Waals surface area contributed by atoms with Gasteiger partial charge in [0.1, 0.15) is 0 Å². The molecule has 276 valence electrons. The molecule has 0 saturated heterocycles. The second kappa shape index (κ2) is 17.1. The van der Waals surface area contributed by atoms with Crippen LogP contribution < -0.4 is 9.80 Å². The summed E-state index contributed by atoms with van der Waals surface area (Å²) in [7, 11) is 0. The van der Waals surface area contributed by atoms with Gasteiger partial charge in [0.05, 0.1) is 5.69 Å². The Kier molecular flexibility index (Phi) is 11.0. The highest BCUT2D eigenvalue weighted by atomic mass is 15.1.